The molecule has 26 heavy (non-hydrogen) atoms. The van der Waals surface area contributed by atoms with Gasteiger partial charge in [-0.25, -0.2) is 0 Å². The predicted octanol–water partition coefficient (Wildman–Crippen LogP) is 5.72. The summed E-state index contributed by atoms with van der Waals surface area (Å²) in [5, 5.41) is 1.57. The zero-order valence-electron chi connectivity index (χ0n) is 14.9. The van der Waals surface area contributed by atoms with Gasteiger partial charge in [0.2, 0.25) is 0 Å². The van der Waals surface area contributed by atoms with Crippen LogP contribution in [0.1, 0.15) is 27.9 Å². The van der Waals surface area contributed by atoms with Gasteiger partial charge in [0.05, 0.1) is 6.54 Å². The lowest BCUT2D eigenvalue weighted by molar-refractivity contribution is 0.100. The van der Waals surface area contributed by atoms with E-state index in [0.717, 1.165) is 29.6 Å². The van der Waals surface area contributed by atoms with Crippen LogP contribution in [0.5, 0.6) is 0 Å². The number of rotatable bonds is 4. The lowest BCUT2D eigenvalue weighted by atomic mass is 10.1. The van der Waals surface area contributed by atoms with Crippen molar-refractivity contribution >= 4 is 57.0 Å². The molecular weight excluding hydrogens is 432 g/mol. The van der Waals surface area contributed by atoms with E-state index >= 15 is 0 Å². The Morgan fingerprint density at radius 2 is 1.92 bits per heavy atom. The number of halogens is 2. The van der Waals surface area contributed by atoms with Gasteiger partial charge < -0.3 is 4.90 Å². The molecule has 0 atom stereocenters. The largest absolute Gasteiger partial charge is 0.313 e. The van der Waals surface area contributed by atoms with E-state index in [-0.39, 0.29) is 29.3 Å². The Labute approximate surface area is 174 Å². The number of aryl methyl sites for hydroxylation is 1. The van der Waals surface area contributed by atoms with Crippen LogP contribution in [0.25, 0.3) is 0 Å². The summed E-state index contributed by atoms with van der Waals surface area (Å²) in [6, 6.07) is 13.3. The Bertz CT molecular complexity index is 808. The summed E-state index contributed by atoms with van der Waals surface area (Å²) in [5.74, 6) is 1.10. The lowest BCUT2D eigenvalue weighted by Gasteiger charge is -2.29. The summed E-state index contributed by atoms with van der Waals surface area (Å²) < 4.78 is 0. The molecule has 0 unspecified atom stereocenters. The van der Waals surface area contributed by atoms with Crippen molar-refractivity contribution in [3.8, 4) is 0 Å². The number of ketones is 1. The first-order valence-corrected chi connectivity index (χ1v) is 9.72. The molecule has 1 heterocycles. The van der Waals surface area contributed by atoms with Gasteiger partial charge in [-0.1, -0.05) is 35.5 Å². The molecule has 3 rings (SSSR count). The Hall–Kier alpha value is -1.30. The number of carbonyl (C=O) groups is 1. The van der Waals surface area contributed by atoms with Crippen LogP contribution in [-0.2, 0) is 0 Å². The van der Waals surface area contributed by atoms with Gasteiger partial charge in [0.15, 0.2) is 11.0 Å². The molecule has 0 aliphatic carbocycles. The van der Waals surface area contributed by atoms with Crippen molar-refractivity contribution in [1.82, 2.24) is 0 Å². The quantitative estimate of drug-likeness (QED) is 0.555. The number of Topliss-reactive ketones (excluding diaryl/α,β-unsaturated/α-hetero) is 1. The van der Waals surface area contributed by atoms with Crippen LogP contribution in [0.2, 0.25) is 5.02 Å². The molecule has 2 aromatic carbocycles. The second-order valence-corrected chi connectivity index (χ2v) is 7.60. The molecule has 0 fully saturated rings. The van der Waals surface area contributed by atoms with Crippen molar-refractivity contribution in [3.05, 3.63) is 64.2 Å². The third-order valence-corrected chi connectivity index (χ3v) is 5.70. The molecule has 138 valence electrons. The van der Waals surface area contributed by atoms with Gasteiger partial charge in [0.1, 0.15) is 0 Å². The number of hydrogen-bond acceptors (Lipinski definition) is 4. The topological polar surface area (TPSA) is 32.7 Å². The average molecular weight is 454 g/mol. The Morgan fingerprint density at radius 1 is 1.19 bits per heavy atom. The molecule has 6 heteroatoms. The van der Waals surface area contributed by atoms with Gasteiger partial charge in [-0.3, -0.25) is 9.79 Å². The highest BCUT2D eigenvalue weighted by Crippen LogP contribution is 2.28. The second-order valence-electron chi connectivity index (χ2n) is 6.10. The van der Waals surface area contributed by atoms with Gasteiger partial charge in [-0.05, 0) is 61.7 Å². The third-order valence-electron chi connectivity index (χ3n) is 4.35. The highest BCUT2D eigenvalue weighted by molar-refractivity contribution is 8.93. The van der Waals surface area contributed by atoms with Gasteiger partial charge >= 0.3 is 0 Å². The van der Waals surface area contributed by atoms with Gasteiger partial charge in [0, 0.05) is 28.6 Å². The standard InChI is InChI=1S/C20H21ClN2OS.BrH/c1-14-5-3-6-18(15(14)2)23(20-22-11-4-12-25-20)13-19(24)16-7-9-17(21)10-8-16;/h3,5-10H,4,11-13H2,1-2H3;1H. The summed E-state index contributed by atoms with van der Waals surface area (Å²) in [6.07, 6.45) is 1.08. The maximum atomic E-state index is 12.8. The van der Waals surface area contributed by atoms with Crippen LogP contribution in [0, 0.1) is 13.8 Å². The van der Waals surface area contributed by atoms with Crippen molar-refractivity contribution in [3.63, 3.8) is 0 Å². The number of carbonyl (C=O) groups excluding carboxylic acids is 1. The zero-order chi connectivity index (χ0) is 17.8. The van der Waals surface area contributed by atoms with Crippen LogP contribution in [0.4, 0.5) is 5.69 Å². The minimum atomic E-state index is 0. The summed E-state index contributed by atoms with van der Waals surface area (Å²) in [7, 11) is 0. The summed E-state index contributed by atoms with van der Waals surface area (Å²) in [6.45, 7) is 5.28. The molecule has 1 aliphatic rings. The van der Waals surface area contributed by atoms with Gasteiger partial charge in [-0.15, -0.1) is 17.0 Å². The van der Waals surface area contributed by atoms with Crippen molar-refractivity contribution in [2.45, 2.75) is 20.3 Å². The monoisotopic (exact) mass is 452 g/mol. The van der Waals surface area contributed by atoms with Crippen LogP contribution in [0.3, 0.4) is 0 Å². The smallest absolute Gasteiger partial charge is 0.182 e. The Balaban J connectivity index is 0.00000243. The molecule has 0 amide bonds. The predicted molar refractivity (Wildman–Crippen MR) is 119 cm³/mol. The number of thioether (sulfide) groups is 1. The first-order chi connectivity index (χ1) is 12.1. The first kappa shape index (κ1) is 21.0. The van der Waals surface area contributed by atoms with Crippen LogP contribution in [-0.4, -0.2) is 29.8 Å². The molecule has 0 spiro atoms. The molecule has 1 aliphatic heterocycles. The van der Waals surface area contributed by atoms with Crippen molar-refractivity contribution < 1.29 is 4.79 Å². The number of benzene rings is 2. The van der Waals surface area contributed by atoms with Crippen LogP contribution < -0.4 is 4.90 Å². The van der Waals surface area contributed by atoms with Crippen LogP contribution in [0.15, 0.2) is 47.5 Å². The molecule has 0 saturated heterocycles. The SMILES string of the molecule is Br.Cc1cccc(N(CC(=O)c2ccc(Cl)cc2)C2=NCCCS2)c1C. The molecule has 2 aromatic rings. The molecular formula is C20H22BrClN2OS. The van der Waals surface area contributed by atoms with Crippen LogP contribution >= 0.6 is 40.3 Å². The normalized spacial score (nSPS) is 13.6. The van der Waals surface area contributed by atoms with E-state index in [2.05, 4.69) is 35.9 Å². The van der Waals surface area contributed by atoms with Gasteiger partial charge in [-0.2, -0.15) is 0 Å². The lowest BCUT2D eigenvalue weighted by Crippen LogP contribution is -2.36. The average Bonchev–Trinajstić information content (AvgIpc) is 2.63. The maximum Gasteiger partial charge on any atom is 0.182 e. The van der Waals surface area contributed by atoms with Crippen molar-refractivity contribution in [1.29, 1.82) is 0 Å². The highest BCUT2D eigenvalue weighted by atomic mass is 79.9. The third kappa shape index (κ3) is 4.90. The molecule has 0 radical (unpaired) electrons. The molecule has 3 nitrogen and oxygen atoms in total. The highest BCUT2D eigenvalue weighted by Gasteiger charge is 2.22. The van der Waals surface area contributed by atoms with Gasteiger partial charge in [0.25, 0.3) is 0 Å². The number of hydrogen-bond donors (Lipinski definition) is 0. The number of anilines is 1. The summed E-state index contributed by atoms with van der Waals surface area (Å²) >= 11 is 7.66. The second kappa shape index (κ2) is 9.58. The zero-order valence-corrected chi connectivity index (χ0v) is 18.2. The number of aliphatic imine (C=N–C) groups is 1. The maximum absolute atomic E-state index is 12.8. The fourth-order valence-corrected chi connectivity index (χ4v) is 3.85. The first-order valence-electron chi connectivity index (χ1n) is 8.36. The van der Waals surface area contributed by atoms with Crippen molar-refractivity contribution in [2.24, 2.45) is 4.99 Å². The molecule has 0 N–H and O–H groups in total. The fourth-order valence-electron chi connectivity index (χ4n) is 2.77. The summed E-state index contributed by atoms with van der Waals surface area (Å²) in [4.78, 5) is 19.6. The summed E-state index contributed by atoms with van der Waals surface area (Å²) in [5.41, 5.74) is 4.11. The van der Waals surface area contributed by atoms with E-state index in [9.17, 15) is 4.79 Å². The number of nitrogens with zero attached hydrogens (tertiary/aromatic N) is 2. The van der Waals surface area contributed by atoms with Crippen molar-refractivity contribution in [2.75, 3.05) is 23.7 Å². The van der Waals surface area contributed by atoms with E-state index in [4.69, 9.17) is 11.6 Å². The number of amidine groups is 1. The Kier molecular flexibility index (Phi) is 7.74. The molecule has 0 bridgehead atoms. The fraction of sp³-hybridized carbons (Fsp3) is 0.300. The minimum absolute atomic E-state index is 0. The minimum Gasteiger partial charge on any atom is -0.313 e. The molecule has 0 aromatic heterocycles. The van der Waals surface area contributed by atoms with E-state index < -0.39 is 0 Å². The van der Waals surface area contributed by atoms with E-state index in [1.807, 2.05) is 6.07 Å². The van der Waals surface area contributed by atoms with E-state index in [0.29, 0.717) is 10.6 Å². The van der Waals surface area contributed by atoms with E-state index in [1.165, 1.54) is 11.1 Å². The van der Waals surface area contributed by atoms with E-state index in [1.54, 1.807) is 36.0 Å². The molecule has 0 saturated carbocycles. The Morgan fingerprint density at radius 3 is 2.58 bits per heavy atom.